The summed E-state index contributed by atoms with van der Waals surface area (Å²) in [6.45, 7) is 2.04. The SMILES string of the molecule is Cc1ccc(CC(C(=O)O)c2ccc3c(c2)CCCC3)cc1. The Labute approximate surface area is 131 Å². The van der Waals surface area contributed by atoms with Crippen LogP contribution in [-0.4, -0.2) is 11.1 Å². The van der Waals surface area contributed by atoms with Crippen LogP contribution in [0.3, 0.4) is 0 Å². The number of aryl methyl sites for hydroxylation is 3. The van der Waals surface area contributed by atoms with E-state index >= 15 is 0 Å². The summed E-state index contributed by atoms with van der Waals surface area (Å²) in [6.07, 6.45) is 5.23. The second-order valence-electron chi connectivity index (χ2n) is 6.32. The smallest absolute Gasteiger partial charge is 0.311 e. The molecule has 1 N–H and O–H groups in total. The van der Waals surface area contributed by atoms with Crippen molar-refractivity contribution in [1.82, 2.24) is 0 Å². The number of benzene rings is 2. The maximum Gasteiger partial charge on any atom is 0.311 e. The molecule has 0 fully saturated rings. The number of carboxylic acids is 1. The first-order chi connectivity index (χ1) is 10.6. The van der Waals surface area contributed by atoms with Gasteiger partial charge >= 0.3 is 5.97 Å². The molecule has 2 aromatic rings. The van der Waals surface area contributed by atoms with E-state index in [0.717, 1.165) is 24.0 Å². The fourth-order valence-corrected chi connectivity index (χ4v) is 3.28. The molecule has 22 heavy (non-hydrogen) atoms. The van der Waals surface area contributed by atoms with Gasteiger partial charge in [0.1, 0.15) is 0 Å². The first-order valence-corrected chi connectivity index (χ1v) is 8.03. The molecule has 2 heteroatoms. The molecule has 0 heterocycles. The number of fused-ring (bicyclic) bond motifs is 1. The molecule has 0 aromatic heterocycles. The van der Waals surface area contributed by atoms with Gasteiger partial charge in [0, 0.05) is 0 Å². The molecular formula is C20H22O2. The van der Waals surface area contributed by atoms with E-state index in [4.69, 9.17) is 0 Å². The number of carboxylic acid groups (broad SMARTS) is 1. The van der Waals surface area contributed by atoms with Gasteiger partial charge in [-0.2, -0.15) is 0 Å². The van der Waals surface area contributed by atoms with Gasteiger partial charge in [0.25, 0.3) is 0 Å². The van der Waals surface area contributed by atoms with Crippen molar-refractivity contribution in [2.45, 2.75) is 44.9 Å². The van der Waals surface area contributed by atoms with E-state index in [1.54, 1.807) is 0 Å². The van der Waals surface area contributed by atoms with Crippen molar-refractivity contribution < 1.29 is 9.90 Å². The van der Waals surface area contributed by atoms with Crippen LogP contribution in [0.4, 0.5) is 0 Å². The van der Waals surface area contributed by atoms with Crippen LogP contribution in [0, 0.1) is 6.92 Å². The number of rotatable bonds is 4. The van der Waals surface area contributed by atoms with Crippen molar-refractivity contribution in [2.24, 2.45) is 0 Å². The number of carbonyl (C=O) groups is 1. The van der Waals surface area contributed by atoms with Gasteiger partial charge in [0.2, 0.25) is 0 Å². The first kappa shape index (κ1) is 14.8. The second-order valence-corrected chi connectivity index (χ2v) is 6.32. The molecule has 0 spiro atoms. The van der Waals surface area contributed by atoms with Crippen LogP contribution in [0.15, 0.2) is 42.5 Å². The molecule has 0 saturated heterocycles. The van der Waals surface area contributed by atoms with Crippen LogP contribution in [0.25, 0.3) is 0 Å². The molecule has 2 aromatic carbocycles. The lowest BCUT2D eigenvalue weighted by Gasteiger charge is -2.19. The molecule has 114 valence electrons. The predicted octanol–water partition coefficient (Wildman–Crippen LogP) is 4.28. The normalized spacial score (nSPS) is 15.1. The van der Waals surface area contributed by atoms with Crippen LogP contribution in [0.5, 0.6) is 0 Å². The van der Waals surface area contributed by atoms with Crippen molar-refractivity contribution in [2.75, 3.05) is 0 Å². The van der Waals surface area contributed by atoms with Gasteiger partial charge < -0.3 is 5.11 Å². The van der Waals surface area contributed by atoms with Gasteiger partial charge in [0.05, 0.1) is 5.92 Å². The van der Waals surface area contributed by atoms with Crippen LogP contribution < -0.4 is 0 Å². The maximum atomic E-state index is 11.7. The van der Waals surface area contributed by atoms with E-state index in [0.29, 0.717) is 6.42 Å². The van der Waals surface area contributed by atoms with E-state index in [1.807, 2.05) is 37.3 Å². The van der Waals surface area contributed by atoms with Crippen molar-refractivity contribution >= 4 is 5.97 Å². The highest BCUT2D eigenvalue weighted by Crippen LogP contribution is 2.28. The number of hydrogen-bond acceptors (Lipinski definition) is 1. The molecule has 1 aliphatic carbocycles. The molecular weight excluding hydrogens is 272 g/mol. The molecule has 0 bridgehead atoms. The quantitative estimate of drug-likeness (QED) is 0.913. The lowest BCUT2D eigenvalue weighted by molar-refractivity contribution is -0.138. The fraction of sp³-hybridized carbons (Fsp3) is 0.350. The second kappa shape index (κ2) is 6.35. The molecule has 1 atom stereocenters. The zero-order valence-electron chi connectivity index (χ0n) is 13.0. The third kappa shape index (κ3) is 3.22. The third-order valence-electron chi connectivity index (χ3n) is 4.63. The minimum absolute atomic E-state index is 0.463. The molecule has 1 unspecified atom stereocenters. The average Bonchev–Trinajstić information content (AvgIpc) is 2.53. The largest absolute Gasteiger partial charge is 0.481 e. The summed E-state index contributed by atoms with van der Waals surface area (Å²) in [4.78, 5) is 11.7. The highest BCUT2D eigenvalue weighted by molar-refractivity contribution is 5.76. The van der Waals surface area contributed by atoms with Crippen molar-refractivity contribution in [3.05, 3.63) is 70.3 Å². The van der Waals surface area contributed by atoms with Gasteiger partial charge in [-0.05, 0) is 61.3 Å². The topological polar surface area (TPSA) is 37.3 Å². The summed E-state index contributed by atoms with van der Waals surface area (Å²) in [5.74, 6) is -1.20. The van der Waals surface area contributed by atoms with Gasteiger partial charge in [0.15, 0.2) is 0 Å². The predicted molar refractivity (Wildman–Crippen MR) is 88.3 cm³/mol. The summed E-state index contributed by atoms with van der Waals surface area (Å²) in [6, 6.07) is 14.4. The zero-order chi connectivity index (χ0) is 15.5. The summed E-state index contributed by atoms with van der Waals surface area (Å²) < 4.78 is 0. The number of aliphatic carboxylic acids is 1. The van der Waals surface area contributed by atoms with Crippen LogP contribution in [0.1, 0.15) is 46.6 Å². The monoisotopic (exact) mass is 294 g/mol. The first-order valence-electron chi connectivity index (χ1n) is 8.03. The molecule has 0 saturated carbocycles. The Hall–Kier alpha value is -2.09. The van der Waals surface area contributed by atoms with Crippen LogP contribution >= 0.6 is 0 Å². The van der Waals surface area contributed by atoms with E-state index < -0.39 is 11.9 Å². The maximum absolute atomic E-state index is 11.7. The minimum atomic E-state index is -0.740. The van der Waals surface area contributed by atoms with Crippen molar-refractivity contribution in [3.63, 3.8) is 0 Å². The highest BCUT2D eigenvalue weighted by Gasteiger charge is 2.22. The van der Waals surface area contributed by atoms with Crippen molar-refractivity contribution in [3.8, 4) is 0 Å². The number of hydrogen-bond donors (Lipinski definition) is 1. The minimum Gasteiger partial charge on any atom is -0.481 e. The van der Waals surface area contributed by atoms with E-state index in [9.17, 15) is 9.90 Å². The highest BCUT2D eigenvalue weighted by atomic mass is 16.4. The fourth-order valence-electron chi connectivity index (χ4n) is 3.28. The Bertz CT molecular complexity index is 671. The zero-order valence-corrected chi connectivity index (χ0v) is 13.0. The Balaban J connectivity index is 1.87. The van der Waals surface area contributed by atoms with Gasteiger partial charge in [-0.25, -0.2) is 0 Å². The third-order valence-corrected chi connectivity index (χ3v) is 4.63. The van der Waals surface area contributed by atoms with Gasteiger partial charge in [-0.3, -0.25) is 4.79 Å². The summed E-state index contributed by atoms with van der Waals surface area (Å²) in [7, 11) is 0. The van der Waals surface area contributed by atoms with Crippen LogP contribution in [0.2, 0.25) is 0 Å². The Morgan fingerprint density at radius 2 is 1.73 bits per heavy atom. The Morgan fingerprint density at radius 3 is 2.41 bits per heavy atom. The van der Waals surface area contributed by atoms with E-state index in [1.165, 1.54) is 29.5 Å². The van der Waals surface area contributed by atoms with Gasteiger partial charge in [-0.15, -0.1) is 0 Å². The van der Waals surface area contributed by atoms with E-state index in [2.05, 4.69) is 12.1 Å². The Kier molecular flexibility index (Phi) is 4.28. The molecule has 3 rings (SSSR count). The van der Waals surface area contributed by atoms with Gasteiger partial charge in [-0.1, -0.05) is 48.0 Å². The Morgan fingerprint density at radius 1 is 1.05 bits per heavy atom. The average molecular weight is 294 g/mol. The summed E-state index contributed by atoms with van der Waals surface area (Å²) in [5.41, 5.74) is 5.96. The standard InChI is InChI=1S/C20H22O2/c1-14-6-8-15(9-7-14)12-19(20(21)22)18-11-10-16-4-2-3-5-17(16)13-18/h6-11,13,19H,2-5,12H2,1H3,(H,21,22). The molecule has 0 radical (unpaired) electrons. The van der Waals surface area contributed by atoms with Crippen LogP contribution in [-0.2, 0) is 24.1 Å². The van der Waals surface area contributed by atoms with E-state index in [-0.39, 0.29) is 0 Å². The molecule has 2 nitrogen and oxygen atoms in total. The summed E-state index contributed by atoms with van der Waals surface area (Å²) >= 11 is 0. The lowest BCUT2D eigenvalue weighted by Crippen LogP contribution is -2.15. The van der Waals surface area contributed by atoms with Crippen molar-refractivity contribution in [1.29, 1.82) is 0 Å². The molecule has 0 amide bonds. The summed E-state index contributed by atoms with van der Waals surface area (Å²) in [5, 5.41) is 9.65. The lowest BCUT2D eigenvalue weighted by atomic mass is 9.85. The molecule has 0 aliphatic heterocycles. The molecule has 1 aliphatic rings.